The first-order valence-electron chi connectivity index (χ1n) is 6.12. The van der Waals surface area contributed by atoms with Gasteiger partial charge in [0.2, 0.25) is 0 Å². The molecule has 1 N–H and O–H groups in total. The van der Waals surface area contributed by atoms with Crippen LogP contribution in [0.1, 0.15) is 29.3 Å². The summed E-state index contributed by atoms with van der Waals surface area (Å²) in [5, 5.41) is 9.13. The molecule has 1 saturated heterocycles. The molecule has 2 rings (SSSR count). The Morgan fingerprint density at radius 1 is 1.42 bits per heavy atom. The third-order valence-electron chi connectivity index (χ3n) is 3.70. The summed E-state index contributed by atoms with van der Waals surface area (Å²) in [6, 6.07) is 4.32. The Labute approximate surface area is 110 Å². The van der Waals surface area contributed by atoms with Crippen LogP contribution in [-0.4, -0.2) is 35.0 Å². The predicted octanol–water partition coefficient (Wildman–Crippen LogP) is 2.07. The van der Waals surface area contributed by atoms with Gasteiger partial charge in [-0.3, -0.25) is 9.59 Å². The van der Waals surface area contributed by atoms with Crippen molar-refractivity contribution in [3.63, 3.8) is 0 Å². The maximum Gasteiger partial charge on any atom is 0.311 e. The highest BCUT2D eigenvalue weighted by atomic mass is 19.1. The minimum absolute atomic E-state index is 0.163. The summed E-state index contributed by atoms with van der Waals surface area (Å²) < 4.78 is 13.4. The Kier molecular flexibility index (Phi) is 3.30. The van der Waals surface area contributed by atoms with Gasteiger partial charge in [-0.25, -0.2) is 4.39 Å². The topological polar surface area (TPSA) is 57.6 Å². The monoisotopic (exact) mass is 265 g/mol. The molecule has 1 amide bonds. The van der Waals surface area contributed by atoms with Crippen LogP contribution in [0.15, 0.2) is 18.2 Å². The van der Waals surface area contributed by atoms with Gasteiger partial charge in [0.05, 0.1) is 5.41 Å². The first-order valence-corrected chi connectivity index (χ1v) is 6.12. The van der Waals surface area contributed by atoms with E-state index in [-0.39, 0.29) is 18.0 Å². The number of aryl methyl sites for hydroxylation is 1. The van der Waals surface area contributed by atoms with Gasteiger partial charge in [-0.05, 0) is 38.0 Å². The number of carbonyl (C=O) groups is 2. The molecule has 1 aromatic carbocycles. The van der Waals surface area contributed by atoms with Crippen LogP contribution < -0.4 is 0 Å². The molecule has 1 aromatic rings. The number of halogens is 1. The molecule has 1 heterocycles. The second-order valence-corrected chi connectivity index (χ2v) is 5.31. The maximum absolute atomic E-state index is 13.4. The third kappa shape index (κ3) is 2.45. The molecule has 1 fully saturated rings. The number of amides is 1. The van der Waals surface area contributed by atoms with E-state index in [2.05, 4.69) is 0 Å². The Balaban J connectivity index is 2.18. The number of aliphatic carboxylic acids is 1. The third-order valence-corrected chi connectivity index (χ3v) is 3.70. The molecule has 0 bridgehead atoms. The van der Waals surface area contributed by atoms with Crippen LogP contribution in [0, 0.1) is 18.2 Å². The normalized spacial score (nSPS) is 22.6. The Bertz CT molecular complexity index is 543. The zero-order valence-corrected chi connectivity index (χ0v) is 10.9. The van der Waals surface area contributed by atoms with E-state index in [0.29, 0.717) is 18.5 Å². The smallest absolute Gasteiger partial charge is 0.311 e. The van der Waals surface area contributed by atoms with Crippen molar-refractivity contribution >= 4 is 11.9 Å². The van der Waals surface area contributed by atoms with Crippen molar-refractivity contribution in [1.82, 2.24) is 4.90 Å². The van der Waals surface area contributed by atoms with Crippen molar-refractivity contribution in [2.75, 3.05) is 13.1 Å². The van der Waals surface area contributed by atoms with Crippen LogP contribution in [0.4, 0.5) is 4.39 Å². The molecule has 1 aliphatic rings. The summed E-state index contributed by atoms with van der Waals surface area (Å²) in [4.78, 5) is 24.8. The molecule has 0 radical (unpaired) electrons. The summed E-state index contributed by atoms with van der Waals surface area (Å²) >= 11 is 0. The van der Waals surface area contributed by atoms with Crippen LogP contribution >= 0.6 is 0 Å². The summed E-state index contributed by atoms with van der Waals surface area (Å²) in [5.74, 6) is -1.65. The number of carbonyl (C=O) groups excluding carboxylic acids is 1. The lowest BCUT2D eigenvalue weighted by molar-refractivity contribution is -0.147. The van der Waals surface area contributed by atoms with Gasteiger partial charge in [-0.2, -0.15) is 0 Å². The zero-order chi connectivity index (χ0) is 14.2. The van der Waals surface area contributed by atoms with E-state index < -0.39 is 17.2 Å². The lowest BCUT2D eigenvalue weighted by atomic mass is 9.90. The Morgan fingerprint density at radius 3 is 2.63 bits per heavy atom. The number of benzene rings is 1. The molecule has 0 spiro atoms. The van der Waals surface area contributed by atoms with E-state index >= 15 is 0 Å². The predicted molar refractivity (Wildman–Crippen MR) is 67.4 cm³/mol. The fraction of sp³-hybridized carbons (Fsp3) is 0.429. The van der Waals surface area contributed by atoms with Gasteiger partial charge in [0.15, 0.2) is 0 Å². The number of rotatable bonds is 2. The first kappa shape index (κ1) is 13.5. The zero-order valence-electron chi connectivity index (χ0n) is 10.9. The van der Waals surface area contributed by atoms with Crippen molar-refractivity contribution in [2.24, 2.45) is 5.41 Å². The standard InChI is InChI=1S/C14H16FNO3/c1-9-3-4-10(7-11(9)15)12(17)16-6-5-14(2,8-16)13(18)19/h3-4,7H,5-6,8H2,1-2H3,(H,18,19)/t14-/m0/s1. The number of carboxylic acids is 1. The summed E-state index contributed by atoms with van der Waals surface area (Å²) in [7, 11) is 0. The summed E-state index contributed by atoms with van der Waals surface area (Å²) in [6.07, 6.45) is 0.419. The molecule has 19 heavy (non-hydrogen) atoms. The molecule has 102 valence electrons. The highest BCUT2D eigenvalue weighted by Gasteiger charge is 2.42. The minimum Gasteiger partial charge on any atom is -0.481 e. The molecular formula is C14H16FNO3. The summed E-state index contributed by atoms with van der Waals surface area (Å²) in [5.41, 5.74) is -0.162. The van der Waals surface area contributed by atoms with E-state index in [1.165, 1.54) is 11.0 Å². The van der Waals surface area contributed by atoms with Gasteiger partial charge < -0.3 is 10.0 Å². The number of hydrogen-bond donors (Lipinski definition) is 1. The van der Waals surface area contributed by atoms with Crippen molar-refractivity contribution in [3.8, 4) is 0 Å². The first-order chi connectivity index (χ1) is 8.83. The van der Waals surface area contributed by atoms with Crippen LogP contribution in [0.2, 0.25) is 0 Å². The average Bonchev–Trinajstić information content (AvgIpc) is 2.76. The van der Waals surface area contributed by atoms with Crippen molar-refractivity contribution < 1.29 is 19.1 Å². The van der Waals surface area contributed by atoms with Gasteiger partial charge in [-0.1, -0.05) is 6.07 Å². The van der Waals surface area contributed by atoms with Gasteiger partial charge >= 0.3 is 5.97 Å². The Morgan fingerprint density at radius 2 is 2.11 bits per heavy atom. The number of hydrogen-bond acceptors (Lipinski definition) is 2. The van der Waals surface area contributed by atoms with Crippen molar-refractivity contribution in [2.45, 2.75) is 20.3 Å². The Hall–Kier alpha value is -1.91. The van der Waals surface area contributed by atoms with E-state index in [9.17, 15) is 14.0 Å². The van der Waals surface area contributed by atoms with E-state index in [4.69, 9.17) is 5.11 Å². The molecule has 0 aliphatic carbocycles. The highest BCUT2D eigenvalue weighted by Crippen LogP contribution is 2.31. The van der Waals surface area contributed by atoms with Crippen LogP contribution in [0.5, 0.6) is 0 Å². The van der Waals surface area contributed by atoms with Crippen molar-refractivity contribution in [1.29, 1.82) is 0 Å². The van der Waals surface area contributed by atoms with Gasteiger partial charge in [0, 0.05) is 18.7 Å². The fourth-order valence-corrected chi connectivity index (χ4v) is 2.22. The number of likely N-dealkylation sites (tertiary alicyclic amines) is 1. The molecule has 1 aliphatic heterocycles. The van der Waals surface area contributed by atoms with Gasteiger partial charge in [0.1, 0.15) is 5.82 Å². The fourth-order valence-electron chi connectivity index (χ4n) is 2.22. The molecule has 5 heteroatoms. The second kappa shape index (κ2) is 4.64. The molecule has 0 saturated carbocycles. The molecular weight excluding hydrogens is 249 g/mol. The maximum atomic E-state index is 13.4. The van der Waals surface area contributed by atoms with Gasteiger partial charge in [0.25, 0.3) is 5.91 Å². The van der Waals surface area contributed by atoms with Crippen LogP contribution in [-0.2, 0) is 4.79 Å². The number of nitrogens with zero attached hydrogens (tertiary/aromatic N) is 1. The van der Waals surface area contributed by atoms with E-state index in [0.717, 1.165) is 0 Å². The quantitative estimate of drug-likeness (QED) is 0.890. The van der Waals surface area contributed by atoms with E-state index in [1.807, 2.05) is 0 Å². The van der Waals surface area contributed by atoms with Crippen molar-refractivity contribution in [3.05, 3.63) is 35.1 Å². The van der Waals surface area contributed by atoms with Gasteiger partial charge in [-0.15, -0.1) is 0 Å². The largest absolute Gasteiger partial charge is 0.481 e. The molecule has 0 unspecified atom stereocenters. The summed E-state index contributed by atoms with van der Waals surface area (Å²) in [6.45, 7) is 3.80. The lowest BCUT2D eigenvalue weighted by Gasteiger charge is -2.20. The lowest BCUT2D eigenvalue weighted by Crippen LogP contribution is -2.34. The minimum atomic E-state index is -0.905. The highest BCUT2D eigenvalue weighted by molar-refractivity contribution is 5.95. The second-order valence-electron chi connectivity index (χ2n) is 5.31. The van der Waals surface area contributed by atoms with Crippen LogP contribution in [0.25, 0.3) is 0 Å². The average molecular weight is 265 g/mol. The number of carboxylic acid groups (broad SMARTS) is 1. The molecule has 4 nitrogen and oxygen atoms in total. The molecule has 1 atom stereocenters. The SMILES string of the molecule is Cc1ccc(C(=O)N2CC[C@](C)(C(=O)O)C2)cc1F. The van der Waals surface area contributed by atoms with E-state index in [1.54, 1.807) is 26.0 Å². The van der Waals surface area contributed by atoms with Crippen LogP contribution in [0.3, 0.4) is 0 Å². The molecule has 0 aromatic heterocycles.